The molecule has 0 amide bonds. The Kier molecular flexibility index (Phi) is 32.2. The van der Waals surface area contributed by atoms with Crippen LogP contribution in [0, 0.1) is 0 Å². The second kappa shape index (κ2) is 35.8. The fraction of sp³-hybridized carbons (Fsp3) is 0.959. The van der Waals surface area contributed by atoms with Gasteiger partial charge < -0.3 is 90.1 Å². The van der Waals surface area contributed by atoms with E-state index in [1.54, 1.807) is 0 Å². The lowest BCUT2D eigenvalue weighted by atomic mass is 9.84. The van der Waals surface area contributed by atoms with Crippen molar-refractivity contribution in [1.82, 2.24) is 0 Å². The Labute approximate surface area is 430 Å². The van der Waals surface area contributed by atoms with Crippen LogP contribution in [0.1, 0.15) is 168 Å². The summed E-state index contributed by atoms with van der Waals surface area (Å²) in [5.41, 5.74) is 6.23. The van der Waals surface area contributed by atoms with Crippen LogP contribution < -0.4 is 5.73 Å². The SMILES string of the molecule is CCCCCCCCCCCCCC(=O)OC[C@H](COP(=O)(O)O[C@@H]1[C@H](O)[C@H](O)[C@@H](O)[C@H](O)[C@H]1O[C@H]1O[C@H](CO)[C@@H](O[C@H]2O[C@H](CO)[C@@H](O)[C@H](O)[C@@H]2O)[C@H](O)[C@H]1N)OC(=O)CCCCCCCCCCCCC. The van der Waals surface area contributed by atoms with Crippen molar-refractivity contribution in [2.45, 2.75) is 272 Å². The fourth-order valence-electron chi connectivity index (χ4n) is 9.18. The quantitative estimate of drug-likeness (QED) is 0.0238. The molecule has 1 unspecified atom stereocenters. The number of phosphoric ester groups is 1. The molecule has 24 heteroatoms. The molecule has 0 spiro atoms. The summed E-state index contributed by atoms with van der Waals surface area (Å²) in [6, 6.07) is -1.71. The number of aliphatic hydroxyl groups is 10. The van der Waals surface area contributed by atoms with Gasteiger partial charge in [0, 0.05) is 12.8 Å². The number of hydrogen-bond acceptors (Lipinski definition) is 22. The Balaban J connectivity index is 1.64. The van der Waals surface area contributed by atoms with Crippen LogP contribution >= 0.6 is 7.82 Å². The highest BCUT2D eigenvalue weighted by Crippen LogP contribution is 2.48. The maximum atomic E-state index is 13.6. The maximum Gasteiger partial charge on any atom is 0.472 e. The van der Waals surface area contributed by atoms with E-state index in [0.29, 0.717) is 12.8 Å². The van der Waals surface area contributed by atoms with Gasteiger partial charge in [0.15, 0.2) is 18.7 Å². The number of phosphoric acid groups is 1. The van der Waals surface area contributed by atoms with Gasteiger partial charge in [-0.1, -0.05) is 142 Å². The van der Waals surface area contributed by atoms with Gasteiger partial charge in [0.1, 0.15) is 86.0 Å². The van der Waals surface area contributed by atoms with Crippen LogP contribution in [0.25, 0.3) is 0 Å². The minimum Gasteiger partial charge on any atom is -0.462 e. The molecule has 13 N–H and O–H groups in total. The van der Waals surface area contributed by atoms with E-state index in [1.165, 1.54) is 70.6 Å². The first-order chi connectivity index (χ1) is 34.9. The van der Waals surface area contributed by atoms with Crippen LogP contribution in [-0.2, 0) is 51.6 Å². The molecule has 0 aromatic heterocycles. The highest BCUT2D eigenvalue weighted by molar-refractivity contribution is 7.47. The van der Waals surface area contributed by atoms with Gasteiger partial charge in [0.2, 0.25) is 0 Å². The molecule has 1 aliphatic carbocycles. The molecule has 18 atom stereocenters. The van der Waals surface area contributed by atoms with Gasteiger partial charge >= 0.3 is 19.8 Å². The van der Waals surface area contributed by atoms with Gasteiger partial charge in [-0.25, -0.2) is 4.57 Å². The zero-order valence-corrected chi connectivity index (χ0v) is 43.9. The molecule has 3 fully saturated rings. The van der Waals surface area contributed by atoms with Crippen molar-refractivity contribution in [3.63, 3.8) is 0 Å². The molecule has 430 valence electrons. The highest BCUT2D eigenvalue weighted by atomic mass is 31.2. The number of ether oxygens (including phenoxy) is 6. The predicted molar refractivity (Wildman–Crippen MR) is 261 cm³/mol. The standard InChI is InChI=1S/C49H92NO22P/c1-3-5-7-9-11-13-15-17-19-21-23-25-34(53)65-29-31(67-35(54)26-24-22-20-18-16-14-12-10-8-6-4-2)30-66-73(63,64)72-47-43(61)41(59)40(58)42(60)46(47)71-48-36(50)38(56)45(33(28-52)69-48)70-49-44(62)39(57)37(55)32(27-51)68-49/h31-33,36-49,51-52,55-62H,3-30,50H2,1-2H3,(H,63,64)/t31-,32-,33-,36-,37-,38-,39+,40-,41-,42+,43-,44+,45-,46-,47-,48-,49-/m1/s1. The number of carbonyl (C=O) groups excluding carboxylic acids is 2. The molecular weight excluding hydrogens is 985 g/mol. The zero-order chi connectivity index (χ0) is 53.9. The number of rotatable bonds is 38. The molecule has 73 heavy (non-hydrogen) atoms. The first kappa shape index (κ1) is 65.7. The van der Waals surface area contributed by atoms with E-state index in [-0.39, 0.29) is 12.8 Å². The molecule has 2 heterocycles. The van der Waals surface area contributed by atoms with E-state index in [9.17, 15) is 70.1 Å². The monoisotopic (exact) mass is 1080 g/mol. The summed E-state index contributed by atoms with van der Waals surface area (Å²) in [4.78, 5) is 36.8. The number of aliphatic hydroxyl groups excluding tert-OH is 10. The molecule has 23 nitrogen and oxygen atoms in total. The lowest BCUT2D eigenvalue weighted by Gasteiger charge is -2.49. The van der Waals surface area contributed by atoms with E-state index >= 15 is 0 Å². The van der Waals surface area contributed by atoms with Crippen LogP contribution in [0.2, 0.25) is 0 Å². The molecule has 0 aromatic rings. The van der Waals surface area contributed by atoms with Gasteiger partial charge in [-0.2, -0.15) is 0 Å². The maximum absolute atomic E-state index is 13.6. The van der Waals surface area contributed by atoms with Crippen molar-refractivity contribution in [1.29, 1.82) is 0 Å². The van der Waals surface area contributed by atoms with Crippen LogP contribution in [0.3, 0.4) is 0 Å². The van der Waals surface area contributed by atoms with Crippen molar-refractivity contribution in [3.8, 4) is 0 Å². The van der Waals surface area contributed by atoms with E-state index in [1.807, 2.05) is 0 Å². The number of unbranched alkanes of at least 4 members (excludes halogenated alkanes) is 20. The van der Waals surface area contributed by atoms with Crippen molar-refractivity contribution in [3.05, 3.63) is 0 Å². The smallest absolute Gasteiger partial charge is 0.462 e. The van der Waals surface area contributed by atoms with Crippen molar-refractivity contribution in [2.24, 2.45) is 5.73 Å². The fourth-order valence-corrected chi connectivity index (χ4v) is 10.1. The Bertz CT molecular complexity index is 1540. The second-order valence-electron chi connectivity index (χ2n) is 19.9. The van der Waals surface area contributed by atoms with E-state index in [2.05, 4.69) is 13.8 Å². The molecule has 3 aliphatic rings. The summed E-state index contributed by atoms with van der Waals surface area (Å²) < 4.78 is 57.4. The molecule has 2 saturated heterocycles. The second-order valence-corrected chi connectivity index (χ2v) is 21.3. The molecule has 3 rings (SSSR count). The summed E-state index contributed by atoms with van der Waals surface area (Å²) in [5, 5.41) is 105. The predicted octanol–water partition coefficient (Wildman–Crippen LogP) is 1.78. The summed E-state index contributed by atoms with van der Waals surface area (Å²) in [6.45, 7) is 1.20. The average molecular weight is 1080 g/mol. The Morgan fingerprint density at radius 1 is 0.507 bits per heavy atom. The van der Waals surface area contributed by atoms with Crippen LogP contribution in [0.4, 0.5) is 0 Å². The molecule has 1 saturated carbocycles. The highest BCUT2D eigenvalue weighted by Gasteiger charge is 2.56. The van der Waals surface area contributed by atoms with Gasteiger partial charge in [-0.05, 0) is 12.8 Å². The van der Waals surface area contributed by atoms with E-state index < -0.39 is 150 Å². The Morgan fingerprint density at radius 3 is 1.42 bits per heavy atom. The molecule has 2 aliphatic heterocycles. The number of esters is 2. The zero-order valence-electron chi connectivity index (χ0n) is 43.0. The average Bonchev–Trinajstić information content (AvgIpc) is 3.37. The lowest BCUT2D eigenvalue weighted by molar-refractivity contribution is -0.356. The first-order valence-electron chi connectivity index (χ1n) is 27.0. The summed E-state index contributed by atoms with van der Waals surface area (Å²) in [7, 11) is -5.45. The first-order valence-corrected chi connectivity index (χ1v) is 28.4. The number of carbonyl (C=O) groups is 2. The van der Waals surface area contributed by atoms with Gasteiger partial charge in [0.05, 0.1) is 25.9 Å². The summed E-state index contributed by atoms with van der Waals surface area (Å²) >= 11 is 0. The third-order valence-electron chi connectivity index (χ3n) is 13.8. The van der Waals surface area contributed by atoms with Gasteiger partial charge in [-0.3, -0.25) is 18.6 Å². The van der Waals surface area contributed by atoms with Gasteiger partial charge in [0.25, 0.3) is 0 Å². The van der Waals surface area contributed by atoms with Gasteiger partial charge in [-0.15, -0.1) is 0 Å². The summed E-state index contributed by atoms with van der Waals surface area (Å²) in [5.74, 6) is -1.26. The molecular formula is C49H92NO22P. The normalized spacial score (nSPS) is 33.0. The van der Waals surface area contributed by atoms with Crippen molar-refractivity contribution in [2.75, 3.05) is 26.4 Å². The third-order valence-corrected chi connectivity index (χ3v) is 14.7. The number of nitrogens with two attached hydrogens (primary N) is 1. The Hall–Kier alpha value is -1.55. The van der Waals surface area contributed by atoms with E-state index in [4.69, 9.17) is 43.2 Å². The number of hydrogen-bond donors (Lipinski definition) is 12. The van der Waals surface area contributed by atoms with Crippen LogP contribution in [0.15, 0.2) is 0 Å². The van der Waals surface area contributed by atoms with Crippen molar-refractivity contribution < 1.29 is 108 Å². The third kappa shape index (κ3) is 22.8. The largest absolute Gasteiger partial charge is 0.472 e. The lowest BCUT2D eigenvalue weighted by Crippen LogP contribution is -2.69. The topological polar surface area (TPSA) is 374 Å². The molecule has 0 aromatic carbocycles. The molecule has 0 bridgehead atoms. The minimum absolute atomic E-state index is 0.0106. The molecule has 0 radical (unpaired) electrons. The van der Waals surface area contributed by atoms with Crippen LogP contribution in [0.5, 0.6) is 0 Å². The van der Waals surface area contributed by atoms with E-state index in [0.717, 1.165) is 57.8 Å². The minimum atomic E-state index is -5.45. The summed E-state index contributed by atoms with van der Waals surface area (Å²) in [6.07, 6.45) is -6.69. The van der Waals surface area contributed by atoms with Crippen LogP contribution in [-0.4, -0.2) is 198 Å². The Morgan fingerprint density at radius 2 is 0.932 bits per heavy atom. The van der Waals surface area contributed by atoms with Crippen molar-refractivity contribution >= 4 is 19.8 Å².